The molecule has 0 amide bonds. The molecule has 0 aromatic heterocycles. The molecule has 0 aliphatic carbocycles. The highest BCUT2D eigenvalue weighted by atomic mass is 35.5. The van der Waals surface area contributed by atoms with E-state index in [1.165, 1.54) is 12.1 Å². The lowest BCUT2D eigenvalue weighted by atomic mass is 10.0. The van der Waals surface area contributed by atoms with Crippen molar-refractivity contribution < 1.29 is 14.5 Å². The van der Waals surface area contributed by atoms with Crippen LogP contribution in [0.25, 0.3) is 0 Å². The van der Waals surface area contributed by atoms with Crippen LogP contribution >= 0.6 is 11.6 Å². The zero-order valence-corrected chi connectivity index (χ0v) is 10.2. The zero-order valence-electron chi connectivity index (χ0n) is 9.47. The molecule has 0 saturated heterocycles. The molecule has 1 aromatic carbocycles. The van der Waals surface area contributed by atoms with Crippen LogP contribution in [0.2, 0.25) is 0 Å². The molecular formula is C11H9ClN2O4. The minimum absolute atomic E-state index is 0.0125. The zero-order chi connectivity index (χ0) is 13.7. The fraction of sp³-hybridized carbons (Fsp3) is 0.273. The quantitative estimate of drug-likeness (QED) is 0.362. The number of halogens is 1. The summed E-state index contributed by atoms with van der Waals surface area (Å²) in [7, 11) is 0. The lowest BCUT2D eigenvalue weighted by Gasteiger charge is -2.06. The summed E-state index contributed by atoms with van der Waals surface area (Å²) < 4.78 is 4.71. The molecule has 0 N–H and O–H groups in total. The molecule has 18 heavy (non-hydrogen) atoms. The van der Waals surface area contributed by atoms with Crippen molar-refractivity contribution >= 4 is 23.3 Å². The monoisotopic (exact) mass is 268 g/mol. The minimum atomic E-state index is -0.887. The van der Waals surface area contributed by atoms with Crippen molar-refractivity contribution in [2.24, 2.45) is 0 Å². The number of nitriles is 1. The van der Waals surface area contributed by atoms with Crippen molar-refractivity contribution in [3.05, 3.63) is 38.9 Å². The Kier molecular flexibility index (Phi) is 4.63. The fourth-order valence-electron chi connectivity index (χ4n) is 1.41. The molecule has 1 rings (SSSR count). The summed E-state index contributed by atoms with van der Waals surface area (Å²) in [4.78, 5) is 21.8. The number of nitro benzene ring substituents is 1. The second kappa shape index (κ2) is 5.98. The van der Waals surface area contributed by atoms with E-state index in [2.05, 4.69) is 0 Å². The van der Waals surface area contributed by atoms with Gasteiger partial charge in [-0.15, -0.1) is 11.6 Å². The van der Waals surface area contributed by atoms with Gasteiger partial charge in [-0.2, -0.15) is 5.26 Å². The molecule has 0 atom stereocenters. The van der Waals surface area contributed by atoms with Crippen LogP contribution in [0, 0.1) is 21.4 Å². The number of hydrogen-bond acceptors (Lipinski definition) is 5. The maximum atomic E-state index is 11.6. The smallest absolute Gasteiger partial charge is 0.346 e. The predicted octanol–water partition coefficient (Wildman–Crippen LogP) is 2.38. The van der Waals surface area contributed by atoms with E-state index >= 15 is 0 Å². The molecule has 6 nitrogen and oxygen atoms in total. The van der Waals surface area contributed by atoms with E-state index < -0.39 is 16.6 Å². The third-order valence-corrected chi connectivity index (χ3v) is 2.44. The number of carbonyl (C=O) groups is 1. The first-order valence-electron chi connectivity index (χ1n) is 4.99. The largest absolute Gasteiger partial charge is 0.462 e. The molecule has 0 radical (unpaired) electrons. The number of rotatable bonds is 4. The van der Waals surface area contributed by atoms with Gasteiger partial charge in [0.15, 0.2) is 5.56 Å². The van der Waals surface area contributed by atoms with E-state index in [0.29, 0.717) is 5.56 Å². The van der Waals surface area contributed by atoms with Crippen LogP contribution in [-0.2, 0) is 10.6 Å². The first-order valence-corrected chi connectivity index (χ1v) is 5.53. The van der Waals surface area contributed by atoms with E-state index in [0.717, 1.165) is 0 Å². The summed E-state index contributed by atoms with van der Waals surface area (Å²) in [6.45, 7) is 1.64. The molecule has 0 aliphatic heterocycles. The van der Waals surface area contributed by atoms with Crippen molar-refractivity contribution in [1.29, 1.82) is 5.26 Å². The number of nitrogens with zero attached hydrogens (tertiary/aromatic N) is 2. The first kappa shape index (κ1) is 13.9. The first-order chi connectivity index (χ1) is 8.54. The second-order valence-corrected chi connectivity index (χ2v) is 3.53. The highest BCUT2D eigenvalue weighted by Crippen LogP contribution is 2.26. The maximum absolute atomic E-state index is 11.6. The van der Waals surface area contributed by atoms with Gasteiger partial charge in [-0.3, -0.25) is 10.1 Å². The van der Waals surface area contributed by atoms with Gasteiger partial charge in [0.25, 0.3) is 5.69 Å². The Morgan fingerprint density at radius 1 is 1.61 bits per heavy atom. The molecule has 0 unspecified atom stereocenters. The average Bonchev–Trinajstić information content (AvgIpc) is 2.37. The van der Waals surface area contributed by atoms with Crippen molar-refractivity contribution in [2.45, 2.75) is 12.8 Å². The summed E-state index contributed by atoms with van der Waals surface area (Å²) in [5.41, 5.74) is -0.521. The normalized spacial score (nSPS) is 9.61. The van der Waals surface area contributed by atoms with Crippen molar-refractivity contribution in [3.8, 4) is 6.07 Å². The van der Waals surface area contributed by atoms with Crippen LogP contribution in [0.5, 0.6) is 0 Å². The Morgan fingerprint density at radius 3 is 2.72 bits per heavy atom. The van der Waals surface area contributed by atoms with Gasteiger partial charge in [-0.1, -0.05) is 0 Å². The van der Waals surface area contributed by atoms with Gasteiger partial charge in [0.1, 0.15) is 6.07 Å². The Bertz CT molecular complexity index is 537. The number of ether oxygens (including phenoxy) is 1. The van der Waals surface area contributed by atoms with Crippen LogP contribution in [0.3, 0.4) is 0 Å². The summed E-state index contributed by atoms with van der Waals surface area (Å²) in [6, 6.07) is 4.25. The average molecular weight is 269 g/mol. The van der Waals surface area contributed by atoms with Gasteiger partial charge in [-0.25, -0.2) is 4.79 Å². The van der Waals surface area contributed by atoms with Crippen LogP contribution in [-0.4, -0.2) is 17.5 Å². The summed E-state index contributed by atoms with van der Waals surface area (Å²) in [6.07, 6.45) is 0. The number of benzene rings is 1. The van der Waals surface area contributed by atoms with Gasteiger partial charge in [0.05, 0.1) is 17.1 Å². The van der Waals surface area contributed by atoms with Gasteiger partial charge < -0.3 is 4.74 Å². The standard InChI is InChI=1S/C11H9ClN2O4/c1-2-18-11(15)10-8(6-13)3-7(5-12)4-9(10)14(16)17/h3-4H,2,5H2,1H3. The lowest BCUT2D eigenvalue weighted by molar-refractivity contribution is -0.385. The molecular weight excluding hydrogens is 260 g/mol. The van der Waals surface area contributed by atoms with E-state index in [1.54, 1.807) is 13.0 Å². The van der Waals surface area contributed by atoms with Crippen LogP contribution in [0.4, 0.5) is 5.69 Å². The number of nitro groups is 1. The SMILES string of the molecule is CCOC(=O)c1c(C#N)cc(CCl)cc1[N+](=O)[O-]. The van der Waals surface area contributed by atoms with Gasteiger partial charge in [0, 0.05) is 11.9 Å². The molecule has 0 aliphatic rings. The third kappa shape index (κ3) is 2.76. The number of hydrogen-bond donors (Lipinski definition) is 0. The van der Waals surface area contributed by atoms with Gasteiger partial charge in [-0.05, 0) is 18.6 Å². The Hall–Kier alpha value is -2.13. The van der Waals surface area contributed by atoms with Crippen LogP contribution in [0.1, 0.15) is 28.4 Å². The number of carbonyl (C=O) groups excluding carboxylic acids is 1. The summed E-state index contributed by atoms with van der Waals surface area (Å²) >= 11 is 5.58. The fourth-order valence-corrected chi connectivity index (χ4v) is 1.57. The topological polar surface area (TPSA) is 93.2 Å². The molecule has 0 spiro atoms. The van der Waals surface area contributed by atoms with Crippen molar-refractivity contribution in [2.75, 3.05) is 6.61 Å². The van der Waals surface area contributed by atoms with E-state index in [9.17, 15) is 14.9 Å². The van der Waals surface area contributed by atoms with Gasteiger partial charge in [0.2, 0.25) is 0 Å². The van der Waals surface area contributed by atoms with Gasteiger partial charge >= 0.3 is 5.97 Å². The highest BCUT2D eigenvalue weighted by molar-refractivity contribution is 6.17. The van der Waals surface area contributed by atoms with Crippen LogP contribution in [0.15, 0.2) is 12.1 Å². The van der Waals surface area contributed by atoms with E-state index in [1.807, 2.05) is 0 Å². The Labute approximate surface area is 108 Å². The van der Waals surface area contributed by atoms with Crippen molar-refractivity contribution in [1.82, 2.24) is 0 Å². The third-order valence-electron chi connectivity index (χ3n) is 2.13. The molecule has 0 fully saturated rings. The molecule has 7 heteroatoms. The van der Waals surface area contributed by atoms with E-state index in [4.69, 9.17) is 21.6 Å². The summed E-state index contributed by atoms with van der Waals surface area (Å²) in [5.74, 6) is -0.875. The molecule has 1 aromatic rings. The molecule has 0 bridgehead atoms. The molecule has 94 valence electrons. The number of esters is 1. The lowest BCUT2D eigenvalue weighted by Crippen LogP contribution is -2.11. The maximum Gasteiger partial charge on any atom is 0.346 e. The second-order valence-electron chi connectivity index (χ2n) is 3.26. The molecule has 0 saturated carbocycles. The Balaban J connectivity index is 3.50. The minimum Gasteiger partial charge on any atom is -0.462 e. The molecule has 0 heterocycles. The van der Waals surface area contributed by atoms with E-state index in [-0.39, 0.29) is 23.6 Å². The number of alkyl halides is 1. The van der Waals surface area contributed by atoms with Crippen molar-refractivity contribution in [3.63, 3.8) is 0 Å². The van der Waals surface area contributed by atoms with Crippen LogP contribution < -0.4 is 0 Å². The predicted molar refractivity (Wildman–Crippen MR) is 63.3 cm³/mol. The summed E-state index contributed by atoms with van der Waals surface area (Å²) in [5, 5.41) is 19.9. The Morgan fingerprint density at radius 2 is 2.28 bits per heavy atom. The highest BCUT2D eigenvalue weighted by Gasteiger charge is 2.26.